The van der Waals surface area contributed by atoms with Crippen LogP contribution in [0.4, 0.5) is 17.6 Å². The fourth-order valence-electron chi connectivity index (χ4n) is 6.38. The Bertz CT molecular complexity index is 981. The molecule has 0 spiro atoms. The van der Waals surface area contributed by atoms with Gasteiger partial charge in [-0.15, -0.1) is 0 Å². The SMILES string of the molecule is CCCC(c1cc(C)c(OCC)c(C)c1)N1CCN(c2cc(N3CCCC3)nc(N3CCCC3)n2)CC1. The summed E-state index contributed by atoms with van der Waals surface area (Å²) in [5.74, 6) is 4.22. The standard InChI is InChI=1S/C30H46N6O/c1-5-11-26(25-20-23(3)29(37-6-2)24(4)21-25)33-16-18-35(19-17-33)28-22-27(34-12-7-8-13-34)31-30(32-28)36-14-9-10-15-36/h20-22,26H,5-19H2,1-4H3. The summed E-state index contributed by atoms with van der Waals surface area (Å²) in [6, 6.07) is 7.42. The zero-order valence-electron chi connectivity index (χ0n) is 23.5. The molecule has 3 fully saturated rings. The predicted octanol–water partition coefficient (Wildman–Crippen LogP) is 5.36. The topological polar surface area (TPSA) is 48.0 Å². The molecule has 0 bridgehead atoms. The van der Waals surface area contributed by atoms with Gasteiger partial charge in [0.2, 0.25) is 5.95 Å². The van der Waals surface area contributed by atoms with Gasteiger partial charge in [0.15, 0.2) is 0 Å². The van der Waals surface area contributed by atoms with Crippen LogP contribution in [0.3, 0.4) is 0 Å². The molecule has 0 N–H and O–H groups in total. The van der Waals surface area contributed by atoms with Crippen molar-refractivity contribution >= 4 is 17.6 Å². The number of rotatable bonds is 9. The van der Waals surface area contributed by atoms with Crippen molar-refractivity contribution in [2.24, 2.45) is 0 Å². The Labute approximate surface area is 223 Å². The van der Waals surface area contributed by atoms with Crippen molar-refractivity contribution in [1.82, 2.24) is 14.9 Å². The summed E-state index contributed by atoms with van der Waals surface area (Å²) in [6.45, 7) is 18.0. The van der Waals surface area contributed by atoms with E-state index in [-0.39, 0.29) is 0 Å². The number of anilines is 3. The van der Waals surface area contributed by atoms with Crippen LogP contribution in [-0.4, -0.2) is 73.8 Å². The van der Waals surface area contributed by atoms with Crippen molar-refractivity contribution < 1.29 is 4.74 Å². The molecule has 3 aliphatic rings. The number of hydrogen-bond donors (Lipinski definition) is 0. The van der Waals surface area contributed by atoms with Gasteiger partial charge in [-0.05, 0) is 69.6 Å². The molecule has 3 saturated heterocycles. The van der Waals surface area contributed by atoms with Crippen molar-refractivity contribution in [3.63, 3.8) is 0 Å². The molecule has 1 atom stereocenters. The van der Waals surface area contributed by atoms with Crippen molar-refractivity contribution in [2.75, 3.05) is 73.7 Å². The van der Waals surface area contributed by atoms with Gasteiger partial charge in [0.1, 0.15) is 17.4 Å². The molecular weight excluding hydrogens is 460 g/mol. The maximum absolute atomic E-state index is 5.92. The van der Waals surface area contributed by atoms with E-state index in [9.17, 15) is 0 Å². The zero-order chi connectivity index (χ0) is 25.8. The van der Waals surface area contributed by atoms with E-state index in [0.29, 0.717) is 12.6 Å². The van der Waals surface area contributed by atoms with Crippen LogP contribution in [0.2, 0.25) is 0 Å². The summed E-state index contributed by atoms with van der Waals surface area (Å²) in [5.41, 5.74) is 3.94. The molecule has 0 amide bonds. The average molecular weight is 507 g/mol. The highest BCUT2D eigenvalue weighted by atomic mass is 16.5. The normalized spacial score (nSPS) is 19.6. The summed E-state index contributed by atoms with van der Waals surface area (Å²) in [7, 11) is 0. The van der Waals surface area contributed by atoms with Crippen LogP contribution in [-0.2, 0) is 0 Å². The third-order valence-corrected chi connectivity index (χ3v) is 8.30. The lowest BCUT2D eigenvalue weighted by Gasteiger charge is -2.40. The van der Waals surface area contributed by atoms with E-state index in [4.69, 9.17) is 14.7 Å². The Morgan fingerprint density at radius 2 is 1.27 bits per heavy atom. The number of benzene rings is 1. The molecule has 202 valence electrons. The lowest BCUT2D eigenvalue weighted by molar-refractivity contribution is 0.175. The van der Waals surface area contributed by atoms with Crippen LogP contribution in [0, 0.1) is 13.8 Å². The second-order valence-electron chi connectivity index (χ2n) is 11.0. The molecule has 2 aromatic rings. The summed E-state index contributed by atoms with van der Waals surface area (Å²) >= 11 is 0. The van der Waals surface area contributed by atoms with Gasteiger partial charge in [0.25, 0.3) is 0 Å². The van der Waals surface area contributed by atoms with E-state index in [1.54, 1.807) is 0 Å². The molecule has 3 aliphatic heterocycles. The minimum atomic E-state index is 0.450. The zero-order valence-corrected chi connectivity index (χ0v) is 23.5. The largest absolute Gasteiger partial charge is 0.493 e. The Morgan fingerprint density at radius 1 is 0.730 bits per heavy atom. The molecule has 4 heterocycles. The first-order valence-corrected chi connectivity index (χ1v) is 14.7. The fourth-order valence-corrected chi connectivity index (χ4v) is 6.38. The Morgan fingerprint density at radius 3 is 1.81 bits per heavy atom. The smallest absolute Gasteiger partial charge is 0.229 e. The van der Waals surface area contributed by atoms with Gasteiger partial charge >= 0.3 is 0 Å². The Kier molecular flexibility index (Phi) is 8.38. The van der Waals surface area contributed by atoms with E-state index in [0.717, 1.165) is 75.7 Å². The highest BCUT2D eigenvalue weighted by Crippen LogP contribution is 2.34. The third-order valence-electron chi connectivity index (χ3n) is 8.30. The first-order valence-electron chi connectivity index (χ1n) is 14.7. The highest BCUT2D eigenvalue weighted by molar-refractivity contribution is 5.56. The average Bonchev–Trinajstić information content (AvgIpc) is 3.64. The van der Waals surface area contributed by atoms with Crippen LogP contribution in [0.1, 0.15) is 75.1 Å². The van der Waals surface area contributed by atoms with Gasteiger partial charge in [0, 0.05) is 64.5 Å². The highest BCUT2D eigenvalue weighted by Gasteiger charge is 2.28. The number of aryl methyl sites for hydroxylation is 2. The number of ether oxygens (including phenoxy) is 1. The quantitative estimate of drug-likeness (QED) is 0.454. The van der Waals surface area contributed by atoms with Gasteiger partial charge in [-0.3, -0.25) is 4.90 Å². The third kappa shape index (κ3) is 5.82. The van der Waals surface area contributed by atoms with Crippen molar-refractivity contribution in [1.29, 1.82) is 0 Å². The maximum Gasteiger partial charge on any atom is 0.229 e. The lowest BCUT2D eigenvalue weighted by Crippen LogP contribution is -2.48. The van der Waals surface area contributed by atoms with Gasteiger partial charge < -0.3 is 19.4 Å². The summed E-state index contributed by atoms with van der Waals surface area (Å²) in [4.78, 5) is 20.2. The van der Waals surface area contributed by atoms with E-state index in [1.165, 1.54) is 55.2 Å². The summed E-state index contributed by atoms with van der Waals surface area (Å²) in [6.07, 6.45) is 7.38. The first kappa shape index (κ1) is 26.1. The molecule has 7 nitrogen and oxygen atoms in total. The van der Waals surface area contributed by atoms with Gasteiger partial charge in [-0.1, -0.05) is 25.5 Å². The van der Waals surface area contributed by atoms with E-state index < -0.39 is 0 Å². The fraction of sp³-hybridized carbons (Fsp3) is 0.667. The summed E-state index contributed by atoms with van der Waals surface area (Å²) in [5, 5.41) is 0. The van der Waals surface area contributed by atoms with Crippen molar-refractivity contribution in [3.8, 4) is 5.75 Å². The monoisotopic (exact) mass is 506 g/mol. The Balaban J connectivity index is 1.33. The number of piperazine rings is 1. The Hall–Kier alpha value is -2.54. The van der Waals surface area contributed by atoms with Gasteiger partial charge in [-0.2, -0.15) is 9.97 Å². The molecule has 37 heavy (non-hydrogen) atoms. The maximum atomic E-state index is 5.92. The molecule has 1 unspecified atom stereocenters. The van der Waals surface area contributed by atoms with Crippen molar-refractivity contribution in [2.45, 2.75) is 72.3 Å². The number of aromatic nitrogens is 2. The van der Waals surface area contributed by atoms with Crippen LogP contribution in [0.25, 0.3) is 0 Å². The summed E-state index contributed by atoms with van der Waals surface area (Å²) < 4.78 is 5.92. The molecule has 7 heteroatoms. The van der Waals surface area contributed by atoms with E-state index >= 15 is 0 Å². The van der Waals surface area contributed by atoms with Gasteiger partial charge in [0.05, 0.1) is 6.61 Å². The second-order valence-corrected chi connectivity index (χ2v) is 11.0. The first-order chi connectivity index (χ1) is 18.1. The second kappa shape index (κ2) is 11.9. The van der Waals surface area contributed by atoms with Crippen LogP contribution < -0.4 is 19.4 Å². The lowest BCUT2D eigenvalue weighted by atomic mass is 9.95. The minimum Gasteiger partial charge on any atom is -0.493 e. The molecule has 1 aromatic carbocycles. The number of hydrogen-bond acceptors (Lipinski definition) is 7. The van der Waals surface area contributed by atoms with Crippen LogP contribution in [0.15, 0.2) is 18.2 Å². The molecule has 5 rings (SSSR count). The molecule has 0 aliphatic carbocycles. The minimum absolute atomic E-state index is 0.450. The van der Waals surface area contributed by atoms with E-state index in [2.05, 4.69) is 65.5 Å². The molecule has 1 aromatic heterocycles. The predicted molar refractivity (Wildman–Crippen MR) is 153 cm³/mol. The van der Waals surface area contributed by atoms with Gasteiger partial charge in [-0.25, -0.2) is 0 Å². The molecule has 0 radical (unpaired) electrons. The van der Waals surface area contributed by atoms with E-state index in [1.807, 2.05) is 0 Å². The van der Waals surface area contributed by atoms with Crippen molar-refractivity contribution in [3.05, 3.63) is 34.9 Å². The molecule has 0 saturated carbocycles. The number of nitrogens with zero attached hydrogens (tertiary/aromatic N) is 6. The molecular formula is C30H46N6O. The van der Waals surface area contributed by atoms with Crippen LogP contribution in [0.5, 0.6) is 5.75 Å². The van der Waals surface area contributed by atoms with Crippen LogP contribution >= 0.6 is 0 Å².